The summed E-state index contributed by atoms with van der Waals surface area (Å²) in [5.41, 5.74) is 7.22. The maximum Gasteiger partial charge on any atom is 0.332 e. The molecule has 1 unspecified atom stereocenters. The van der Waals surface area contributed by atoms with Gasteiger partial charge in [0.15, 0.2) is 0 Å². The summed E-state index contributed by atoms with van der Waals surface area (Å²) in [5, 5.41) is 2.07. The summed E-state index contributed by atoms with van der Waals surface area (Å²) in [6.07, 6.45) is 1.72. The van der Waals surface area contributed by atoms with Crippen LogP contribution in [0.25, 0.3) is 10.8 Å². The molecule has 198 valence electrons. The number of hydrogen-bond acceptors (Lipinski definition) is 7. The Labute approximate surface area is 225 Å². The van der Waals surface area contributed by atoms with Crippen LogP contribution in [0.1, 0.15) is 50.7 Å². The fraction of sp³-hybridized carbons (Fsp3) is 0.357. The molecule has 2 N–H and O–H groups in total. The third-order valence-corrected chi connectivity index (χ3v) is 7.09. The van der Waals surface area contributed by atoms with Gasteiger partial charge in [0.2, 0.25) is 0 Å². The van der Waals surface area contributed by atoms with Crippen molar-refractivity contribution in [3.05, 3.63) is 71.8 Å². The van der Waals surface area contributed by atoms with Crippen LogP contribution in [0.3, 0.4) is 0 Å². The van der Waals surface area contributed by atoms with Gasteiger partial charge in [-0.1, -0.05) is 36.5 Å². The van der Waals surface area contributed by atoms with Crippen molar-refractivity contribution in [2.24, 2.45) is 5.73 Å². The predicted octanol–water partition coefficient (Wildman–Crippen LogP) is 6.66. The van der Waals surface area contributed by atoms with Crippen molar-refractivity contribution in [3.63, 3.8) is 0 Å². The Hall–Kier alpha value is -2.61. The highest BCUT2D eigenvalue weighted by Gasteiger charge is 2.18. The van der Waals surface area contributed by atoms with Crippen molar-refractivity contribution in [2.45, 2.75) is 39.5 Å². The van der Waals surface area contributed by atoms with E-state index < -0.39 is 14.5 Å². The molecule has 7 nitrogen and oxygen atoms in total. The van der Waals surface area contributed by atoms with Crippen molar-refractivity contribution in [3.8, 4) is 11.5 Å². The second kappa shape index (κ2) is 15.0. The molecule has 0 aromatic heterocycles. The number of nitrogens with two attached hydrogens (primary N) is 1. The van der Waals surface area contributed by atoms with Crippen LogP contribution in [-0.4, -0.2) is 37.4 Å². The highest BCUT2D eigenvalue weighted by Crippen LogP contribution is 2.39. The van der Waals surface area contributed by atoms with Gasteiger partial charge in [-0.15, -0.1) is 0 Å². The van der Waals surface area contributed by atoms with Crippen LogP contribution in [0.5, 0.6) is 11.5 Å². The number of carbonyl (C=O) groups excluding carboxylic acids is 1. The maximum absolute atomic E-state index is 12.7. The van der Waals surface area contributed by atoms with Gasteiger partial charge in [-0.2, -0.15) is 0 Å². The topological polar surface area (TPSA) is 89.2 Å². The molecule has 0 bridgehead atoms. The molecular formula is C28H34NO6PS. The molecular weight excluding hydrogens is 509 g/mol. The highest BCUT2D eigenvalue weighted by molar-refractivity contribution is 7.80. The Kier molecular flexibility index (Phi) is 11.7. The van der Waals surface area contributed by atoms with Crippen LogP contribution in [0, 0.1) is 0 Å². The zero-order chi connectivity index (χ0) is 26.6. The second-order valence-corrected chi connectivity index (χ2v) is 9.91. The Morgan fingerprint density at radius 1 is 0.865 bits per heavy atom. The van der Waals surface area contributed by atoms with E-state index in [1.807, 2.05) is 57.2 Å². The Bertz CT molecular complexity index is 1170. The SMILES string of the molecule is CCOP(OCC)OCCCCOc1ccc2cc(C(C)C(=O)Oc3ccc(C(N)=S)cc3)ccc2c1. The first-order chi connectivity index (χ1) is 17.9. The van der Waals surface area contributed by atoms with Crippen LogP contribution >= 0.6 is 20.8 Å². The number of hydrogen-bond donors (Lipinski definition) is 1. The van der Waals surface area contributed by atoms with E-state index in [0.717, 1.165) is 40.5 Å². The zero-order valence-electron chi connectivity index (χ0n) is 21.5. The van der Waals surface area contributed by atoms with E-state index in [9.17, 15) is 4.79 Å². The number of esters is 1. The normalized spacial score (nSPS) is 12.0. The van der Waals surface area contributed by atoms with Gasteiger partial charge >= 0.3 is 14.6 Å². The van der Waals surface area contributed by atoms with Crippen LogP contribution in [0.2, 0.25) is 0 Å². The van der Waals surface area contributed by atoms with Gasteiger partial charge in [-0.05, 0) is 86.3 Å². The van der Waals surface area contributed by atoms with Crippen molar-refractivity contribution in [2.75, 3.05) is 26.4 Å². The summed E-state index contributed by atoms with van der Waals surface area (Å²) in [5.74, 6) is 0.501. The predicted molar refractivity (Wildman–Crippen MR) is 151 cm³/mol. The summed E-state index contributed by atoms with van der Waals surface area (Å²) in [6.45, 7) is 7.98. The number of ether oxygens (including phenoxy) is 2. The van der Waals surface area contributed by atoms with Gasteiger partial charge in [-0.25, -0.2) is 0 Å². The van der Waals surface area contributed by atoms with Gasteiger partial charge < -0.3 is 28.8 Å². The molecule has 0 heterocycles. The van der Waals surface area contributed by atoms with Crippen molar-refractivity contribution in [1.82, 2.24) is 0 Å². The fourth-order valence-electron chi connectivity index (χ4n) is 3.49. The molecule has 0 aliphatic carbocycles. The summed E-state index contributed by atoms with van der Waals surface area (Å²) >= 11 is 4.95. The van der Waals surface area contributed by atoms with E-state index in [4.69, 9.17) is 41.0 Å². The van der Waals surface area contributed by atoms with Crippen LogP contribution in [-0.2, 0) is 18.4 Å². The number of rotatable bonds is 15. The molecule has 0 radical (unpaired) electrons. The minimum Gasteiger partial charge on any atom is -0.494 e. The molecule has 0 fully saturated rings. The number of thiocarbonyl (C=S) groups is 1. The average Bonchev–Trinajstić information content (AvgIpc) is 2.90. The molecule has 0 saturated carbocycles. The minimum atomic E-state index is -1.25. The first-order valence-corrected chi connectivity index (χ1v) is 13.9. The van der Waals surface area contributed by atoms with Gasteiger partial charge in [0.1, 0.15) is 16.5 Å². The molecule has 3 aromatic carbocycles. The molecule has 0 saturated heterocycles. The van der Waals surface area contributed by atoms with E-state index in [-0.39, 0.29) is 5.97 Å². The number of unbranched alkanes of at least 4 members (excludes halogenated alkanes) is 1. The molecule has 1 atom stereocenters. The highest BCUT2D eigenvalue weighted by atomic mass is 32.1. The minimum absolute atomic E-state index is 0.301. The zero-order valence-corrected chi connectivity index (χ0v) is 23.2. The molecule has 3 rings (SSSR count). The molecule has 0 amide bonds. The Morgan fingerprint density at radius 3 is 2.16 bits per heavy atom. The lowest BCUT2D eigenvalue weighted by Gasteiger charge is -2.15. The Morgan fingerprint density at radius 2 is 1.49 bits per heavy atom. The summed E-state index contributed by atoms with van der Waals surface area (Å²) in [4.78, 5) is 13.0. The van der Waals surface area contributed by atoms with Crippen molar-refractivity contribution in [1.29, 1.82) is 0 Å². The number of carbonyl (C=O) groups is 1. The monoisotopic (exact) mass is 543 g/mol. The number of benzene rings is 3. The average molecular weight is 544 g/mol. The lowest BCUT2D eigenvalue weighted by molar-refractivity contribution is -0.135. The second-order valence-electron chi connectivity index (χ2n) is 8.25. The van der Waals surface area contributed by atoms with Crippen LogP contribution < -0.4 is 15.2 Å². The smallest absolute Gasteiger partial charge is 0.332 e. The third-order valence-electron chi connectivity index (χ3n) is 5.52. The van der Waals surface area contributed by atoms with E-state index >= 15 is 0 Å². The quantitative estimate of drug-likeness (QED) is 0.0749. The molecule has 9 heteroatoms. The number of fused-ring (bicyclic) bond motifs is 1. The molecule has 3 aromatic rings. The summed E-state index contributed by atoms with van der Waals surface area (Å²) in [7, 11) is -1.25. The molecule has 0 aliphatic heterocycles. The van der Waals surface area contributed by atoms with E-state index in [2.05, 4.69) is 0 Å². The van der Waals surface area contributed by atoms with Gasteiger partial charge in [0.05, 0.1) is 32.3 Å². The summed E-state index contributed by atoms with van der Waals surface area (Å²) < 4.78 is 28.0. The van der Waals surface area contributed by atoms with Crippen molar-refractivity contribution < 1.29 is 27.8 Å². The molecule has 0 spiro atoms. The maximum atomic E-state index is 12.7. The van der Waals surface area contributed by atoms with Crippen molar-refractivity contribution >= 4 is 42.6 Å². The Balaban J connectivity index is 1.49. The first-order valence-electron chi connectivity index (χ1n) is 12.4. The van der Waals surface area contributed by atoms with Gasteiger partial charge in [0, 0.05) is 5.56 Å². The van der Waals surface area contributed by atoms with E-state index in [1.54, 1.807) is 24.3 Å². The van der Waals surface area contributed by atoms with E-state index in [0.29, 0.717) is 37.2 Å². The third kappa shape index (κ3) is 9.02. The molecule has 37 heavy (non-hydrogen) atoms. The summed E-state index contributed by atoms with van der Waals surface area (Å²) in [6, 6.07) is 18.7. The van der Waals surface area contributed by atoms with Gasteiger partial charge in [-0.3, -0.25) is 4.79 Å². The standard InChI is InChI=1S/C28H34NO6PS/c1-4-32-36(33-5-2)34-17-7-6-16-31-26-15-12-23-18-22(8-9-24(23)19-26)20(3)28(30)35-25-13-10-21(11-14-25)27(29)37/h8-15,18-20H,4-7,16-17H2,1-3H3,(H2,29,37). The largest absolute Gasteiger partial charge is 0.494 e. The molecule has 0 aliphatic rings. The fourth-order valence-corrected chi connectivity index (χ4v) is 4.54. The van der Waals surface area contributed by atoms with Crippen LogP contribution in [0.15, 0.2) is 60.7 Å². The lowest BCUT2D eigenvalue weighted by atomic mass is 9.98. The van der Waals surface area contributed by atoms with Gasteiger partial charge in [0.25, 0.3) is 0 Å². The van der Waals surface area contributed by atoms with Crippen LogP contribution in [0.4, 0.5) is 0 Å². The van der Waals surface area contributed by atoms with E-state index in [1.165, 1.54) is 0 Å². The first kappa shape index (κ1) is 29.0. The lowest BCUT2D eigenvalue weighted by Crippen LogP contribution is -2.16.